The Morgan fingerprint density at radius 2 is 2.18 bits per heavy atom. The van der Waals surface area contributed by atoms with Crippen molar-refractivity contribution in [3.05, 3.63) is 45.7 Å². The summed E-state index contributed by atoms with van der Waals surface area (Å²) in [6.07, 6.45) is 3.24. The van der Waals surface area contributed by atoms with E-state index in [0.717, 1.165) is 50.0 Å². The normalized spacial score (nSPS) is 14.0. The van der Waals surface area contributed by atoms with Gasteiger partial charge < -0.3 is 14.8 Å². The molecule has 0 spiro atoms. The van der Waals surface area contributed by atoms with Crippen LogP contribution in [-0.4, -0.2) is 36.7 Å². The van der Waals surface area contributed by atoms with E-state index in [1.54, 1.807) is 0 Å². The SMILES string of the molecule is CN(C)CCCNCc1cc2cccc3c2n(c1=O)CCC3. The molecule has 22 heavy (non-hydrogen) atoms. The van der Waals surface area contributed by atoms with Crippen molar-refractivity contribution in [2.75, 3.05) is 27.2 Å². The van der Waals surface area contributed by atoms with Crippen LogP contribution in [0.4, 0.5) is 0 Å². The third kappa shape index (κ3) is 3.08. The molecule has 0 aliphatic carbocycles. The number of nitrogens with zero attached hydrogens (tertiary/aromatic N) is 2. The van der Waals surface area contributed by atoms with Gasteiger partial charge in [-0.2, -0.15) is 0 Å². The van der Waals surface area contributed by atoms with Gasteiger partial charge in [-0.15, -0.1) is 0 Å². The number of nitrogens with one attached hydrogen (secondary N) is 1. The lowest BCUT2D eigenvalue weighted by atomic mass is 10.00. The van der Waals surface area contributed by atoms with Crippen LogP contribution in [0.1, 0.15) is 24.0 Å². The van der Waals surface area contributed by atoms with Crippen molar-refractivity contribution >= 4 is 10.9 Å². The van der Waals surface area contributed by atoms with Gasteiger partial charge >= 0.3 is 0 Å². The van der Waals surface area contributed by atoms with E-state index in [1.807, 2.05) is 4.57 Å². The Kier molecular flexibility index (Phi) is 4.60. The maximum absolute atomic E-state index is 12.7. The monoisotopic (exact) mass is 299 g/mol. The van der Waals surface area contributed by atoms with Crippen molar-refractivity contribution in [3.8, 4) is 0 Å². The molecule has 2 aromatic rings. The Balaban J connectivity index is 1.80. The first-order valence-corrected chi connectivity index (χ1v) is 8.16. The van der Waals surface area contributed by atoms with Crippen molar-refractivity contribution in [2.45, 2.75) is 32.4 Å². The topological polar surface area (TPSA) is 37.3 Å². The highest BCUT2D eigenvalue weighted by Crippen LogP contribution is 2.23. The molecule has 1 aromatic heterocycles. The summed E-state index contributed by atoms with van der Waals surface area (Å²) in [5, 5.41) is 4.60. The molecular weight excluding hydrogens is 274 g/mol. The third-order valence-corrected chi connectivity index (χ3v) is 4.37. The molecule has 1 aromatic carbocycles. The summed E-state index contributed by atoms with van der Waals surface area (Å²) in [6.45, 7) is 3.52. The second kappa shape index (κ2) is 6.63. The van der Waals surface area contributed by atoms with Crippen LogP contribution in [0.15, 0.2) is 29.1 Å². The fourth-order valence-electron chi connectivity index (χ4n) is 3.29. The minimum absolute atomic E-state index is 0.180. The van der Waals surface area contributed by atoms with Gasteiger partial charge in [0.2, 0.25) is 0 Å². The highest BCUT2D eigenvalue weighted by Gasteiger charge is 2.15. The summed E-state index contributed by atoms with van der Waals surface area (Å²) >= 11 is 0. The van der Waals surface area contributed by atoms with Crippen LogP contribution < -0.4 is 10.9 Å². The maximum atomic E-state index is 12.7. The van der Waals surface area contributed by atoms with E-state index in [0.29, 0.717) is 6.54 Å². The molecular formula is C18H25N3O. The lowest BCUT2D eigenvalue weighted by Crippen LogP contribution is -2.30. The molecule has 0 fully saturated rings. The van der Waals surface area contributed by atoms with Gasteiger partial charge in [0.25, 0.3) is 5.56 Å². The molecule has 0 amide bonds. The molecule has 2 heterocycles. The quantitative estimate of drug-likeness (QED) is 0.829. The smallest absolute Gasteiger partial charge is 0.255 e. The zero-order valence-electron chi connectivity index (χ0n) is 13.6. The van der Waals surface area contributed by atoms with Gasteiger partial charge in [-0.05, 0) is 63.5 Å². The van der Waals surface area contributed by atoms with Crippen LogP contribution in [-0.2, 0) is 19.5 Å². The Morgan fingerprint density at radius 1 is 1.32 bits per heavy atom. The van der Waals surface area contributed by atoms with Gasteiger partial charge in [0.05, 0.1) is 5.52 Å². The standard InChI is InChI=1S/C18H25N3O/c1-20(2)10-5-9-19-13-16-12-15-7-3-6-14-8-4-11-21(17(14)15)18(16)22/h3,6-7,12,19H,4-5,8-11,13H2,1-2H3. The van der Waals surface area contributed by atoms with Crippen molar-refractivity contribution in [3.63, 3.8) is 0 Å². The highest BCUT2D eigenvalue weighted by molar-refractivity contribution is 5.83. The predicted molar refractivity (Wildman–Crippen MR) is 91.4 cm³/mol. The summed E-state index contributed by atoms with van der Waals surface area (Å²) in [6, 6.07) is 8.44. The van der Waals surface area contributed by atoms with E-state index in [-0.39, 0.29) is 5.56 Å². The van der Waals surface area contributed by atoms with Crippen LogP contribution in [0.25, 0.3) is 10.9 Å². The molecule has 1 N–H and O–H groups in total. The first-order chi connectivity index (χ1) is 10.7. The van der Waals surface area contributed by atoms with Crippen molar-refractivity contribution in [2.24, 2.45) is 0 Å². The van der Waals surface area contributed by atoms with E-state index in [9.17, 15) is 4.79 Å². The van der Waals surface area contributed by atoms with E-state index < -0.39 is 0 Å². The van der Waals surface area contributed by atoms with Crippen molar-refractivity contribution in [1.29, 1.82) is 0 Å². The predicted octanol–water partition coefficient (Wildman–Crippen LogP) is 1.99. The number of rotatable bonds is 6. The van der Waals surface area contributed by atoms with Crippen molar-refractivity contribution in [1.82, 2.24) is 14.8 Å². The first-order valence-electron chi connectivity index (χ1n) is 8.16. The zero-order valence-corrected chi connectivity index (χ0v) is 13.6. The molecule has 0 saturated heterocycles. The lowest BCUT2D eigenvalue weighted by Gasteiger charge is -2.20. The van der Waals surface area contributed by atoms with Gasteiger partial charge in [-0.3, -0.25) is 4.79 Å². The minimum Gasteiger partial charge on any atom is -0.312 e. The van der Waals surface area contributed by atoms with Gasteiger partial charge in [0.1, 0.15) is 0 Å². The zero-order chi connectivity index (χ0) is 15.5. The van der Waals surface area contributed by atoms with Crippen LogP contribution in [0, 0.1) is 0 Å². The third-order valence-electron chi connectivity index (χ3n) is 4.37. The second-order valence-electron chi connectivity index (χ2n) is 6.42. The summed E-state index contributed by atoms with van der Waals surface area (Å²) in [7, 11) is 4.16. The van der Waals surface area contributed by atoms with E-state index in [4.69, 9.17) is 0 Å². The molecule has 3 rings (SSSR count). The molecule has 0 saturated carbocycles. The summed E-state index contributed by atoms with van der Waals surface area (Å²) in [5.41, 5.74) is 3.53. The molecule has 0 radical (unpaired) electrons. The molecule has 0 unspecified atom stereocenters. The Labute approximate surface area is 131 Å². The number of hydrogen-bond donors (Lipinski definition) is 1. The molecule has 4 heteroatoms. The van der Waals surface area contributed by atoms with Gasteiger partial charge in [-0.25, -0.2) is 0 Å². The van der Waals surface area contributed by atoms with Gasteiger partial charge in [-0.1, -0.05) is 18.2 Å². The van der Waals surface area contributed by atoms with E-state index >= 15 is 0 Å². The molecule has 1 aliphatic heterocycles. The van der Waals surface area contributed by atoms with Crippen LogP contribution in [0.3, 0.4) is 0 Å². The van der Waals surface area contributed by atoms with Crippen LogP contribution in [0.5, 0.6) is 0 Å². The number of hydrogen-bond acceptors (Lipinski definition) is 3. The van der Waals surface area contributed by atoms with Gasteiger partial charge in [0, 0.05) is 18.7 Å². The van der Waals surface area contributed by atoms with Gasteiger partial charge in [0.15, 0.2) is 0 Å². The molecule has 118 valence electrons. The molecule has 4 nitrogen and oxygen atoms in total. The Hall–Kier alpha value is -1.65. The molecule has 0 atom stereocenters. The Morgan fingerprint density at radius 3 is 3.00 bits per heavy atom. The van der Waals surface area contributed by atoms with Crippen LogP contribution >= 0.6 is 0 Å². The summed E-state index contributed by atoms with van der Waals surface area (Å²) in [5.74, 6) is 0. The molecule has 1 aliphatic rings. The second-order valence-corrected chi connectivity index (χ2v) is 6.42. The number of para-hydroxylation sites is 1. The number of aryl methyl sites for hydroxylation is 2. The summed E-state index contributed by atoms with van der Waals surface area (Å²) < 4.78 is 1.98. The minimum atomic E-state index is 0.180. The van der Waals surface area contributed by atoms with E-state index in [2.05, 4.69) is 48.6 Å². The fraction of sp³-hybridized carbons (Fsp3) is 0.500. The first kappa shape index (κ1) is 15.3. The molecule has 0 bridgehead atoms. The lowest BCUT2D eigenvalue weighted by molar-refractivity contribution is 0.394. The van der Waals surface area contributed by atoms with Crippen molar-refractivity contribution < 1.29 is 0 Å². The largest absolute Gasteiger partial charge is 0.312 e. The number of aromatic nitrogens is 1. The summed E-state index contributed by atoms with van der Waals surface area (Å²) in [4.78, 5) is 14.9. The number of benzene rings is 1. The highest BCUT2D eigenvalue weighted by atomic mass is 16.1. The maximum Gasteiger partial charge on any atom is 0.255 e. The fourth-order valence-corrected chi connectivity index (χ4v) is 3.29. The average Bonchev–Trinajstić information content (AvgIpc) is 2.51. The Bertz CT molecular complexity index is 718. The van der Waals surface area contributed by atoms with E-state index in [1.165, 1.54) is 10.9 Å². The van der Waals surface area contributed by atoms with Crippen LogP contribution in [0.2, 0.25) is 0 Å². The number of pyridine rings is 1. The average molecular weight is 299 g/mol.